The minimum absolute atomic E-state index is 0. The minimum Gasteiger partial charge on any atom is -0.462 e. The SMILES string of the molecule is CN1C[C@@H](N2CCC(C(=O)N3CCN(c4ccc5c(c4)C(=O)N(C4CCC(=O)NC4=O)C5=O)CC3)CC2)C[C@H]1COc1nc(N2CC3CCC(C2)N3)c2cnc(-c3cccc4cccc(Cl)c34)c(F)c2n1.Cl. The number of rotatable bonds is 9. The van der Waals surface area contributed by atoms with Crippen molar-refractivity contribution < 1.29 is 33.1 Å². The van der Waals surface area contributed by atoms with Crippen LogP contribution < -0.4 is 25.2 Å². The Balaban J connectivity index is 0.00000560. The largest absolute Gasteiger partial charge is 0.462 e. The van der Waals surface area contributed by atoms with E-state index in [0.717, 1.165) is 86.2 Å². The lowest BCUT2D eigenvalue weighted by Crippen LogP contribution is -2.54. The molecule has 7 aliphatic rings. The Morgan fingerprint density at radius 3 is 2.32 bits per heavy atom. The van der Waals surface area contributed by atoms with Crippen molar-refractivity contribution in [1.82, 2.24) is 45.2 Å². The van der Waals surface area contributed by atoms with Gasteiger partial charge in [0.25, 0.3) is 11.8 Å². The fourth-order valence-corrected chi connectivity index (χ4v) is 12.6. The molecule has 0 aliphatic carbocycles. The molecule has 2 N–H and O–H groups in total. The summed E-state index contributed by atoms with van der Waals surface area (Å²) in [7, 11) is 2.11. The first-order chi connectivity index (χ1) is 34.4. The van der Waals surface area contributed by atoms with Gasteiger partial charge in [0.2, 0.25) is 17.7 Å². The smallest absolute Gasteiger partial charge is 0.319 e. The second-order valence-electron chi connectivity index (χ2n) is 20.3. The van der Waals surface area contributed by atoms with Crippen molar-refractivity contribution in [2.75, 3.05) is 82.4 Å². The predicted molar refractivity (Wildman–Crippen MR) is 271 cm³/mol. The number of likely N-dealkylation sites (tertiary alicyclic amines) is 2. The lowest BCUT2D eigenvalue weighted by molar-refractivity contribution is -0.138. The molecule has 9 heterocycles. The fraction of sp³-hybridized carbons (Fsp3) is 0.462. The molecule has 6 saturated heterocycles. The number of halogens is 3. The third-order valence-corrected chi connectivity index (χ3v) is 16.4. The van der Waals surface area contributed by atoms with E-state index in [-0.39, 0.29) is 71.5 Å². The Kier molecular flexibility index (Phi) is 13.0. The summed E-state index contributed by atoms with van der Waals surface area (Å²) in [6, 6.07) is 16.6. The van der Waals surface area contributed by atoms with E-state index in [9.17, 15) is 24.0 Å². The lowest BCUT2D eigenvalue weighted by Gasteiger charge is -2.40. The Labute approximate surface area is 426 Å². The molecule has 2 bridgehead atoms. The van der Waals surface area contributed by atoms with Crippen LogP contribution >= 0.6 is 24.0 Å². The van der Waals surface area contributed by atoms with Crippen LogP contribution in [0.2, 0.25) is 5.02 Å². The number of hydrogen-bond donors (Lipinski definition) is 2. The summed E-state index contributed by atoms with van der Waals surface area (Å²) in [5.41, 5.74) is 2.20. The zero-order valence-electron chi connectivity index (χ0n) is 39.9. The van der Waals surface area contributed by atoms with Crippen LogP contribution in [0.3, 0.4) is 0 Å². The number of nitrogens with one attached hydrogen (secondary N) is 2. The number of piperidine rings is 2. The number of nitrogens with zero attached hydrogens (tertiary/aromatic N) is 9. The van der Waals surface area contributed by atoms with Gasteiger partial charge in [0, 0.05) is 110 Å². The van der Waals surface area contributed by atoms with Crippen molar-refractivity contribution in [2.24, 2.45) is 5.92 Å². The van der Waals surface area contributed by atoms with Gasteiger partial charge in [0.1, 0.15) is 29.7 Å². The molecule has 17 nitrogen and oxygen atoms in total. The van der Waals surface area contributed by atoms with Gasteiger partial charge in [-0.2, -0.15) is 9.97 Å². The molecule has 2 aromatic heterocycles. The van der Waals surface area contributed by atoms with Crippen LogP contribution in [0.5, 0.6) is 6.01 Å². The lowest BCUT2D eigenvalue weighted by atomic mass is 9.93. The van der Waals surface area contributed by atoms with Gasteiger partial charge in [0.05, 0.1) is 16.5 Å². The monoisotopic (exact) mass is 1020 g/mol. The number of anilines is 2. The maximum atomic E-state index is 17.0. The Morgan fingerprint density at radius 2 is 1.57 bits per heavy atom. The van der Waals surface area contributed by atoms with E-state index in [1.165, 1.54) is 0 Å². The number of carbonyl (C=O) groups is 5. The molecule has 20 heteroatoms. The van der Waals surface area contributed by atoms with Crippen molar-refractivity contribution in [1.29, 1.82) is 0 Å². The minimum atomic E-state index is -1.02. The summed E-state index contributed by atoms with van der Waals surface area (Å²) in [4.78, 5) is 91.3. The van der Waals surface area contributed by atoms with Gasteiger partial charge >= 0.3 is 6.01 Å². The van der Waals surface area contributed by atoms with Gasteiger partial charge in [-0.1, -0.05) is 41.9 Å². The zero-order chi connectivity index (χ0) is 48.7. The fourth-order valence-electron chi connectivity index (χ4n) is 12.3. The highest BCUT2D eigenvalue weighted by Gasteiger charge is 2.45. The molecule has 5 amide bonds. The molecular weight excluding hydrogens is 965 g/mol. The third-order valence-electron chi connectivity index (χ3n) is 16.1. The van der Waals surface area contributed by atoms with Crippen LogP contribution in [0.25, 0.3) is 32.9 Å². The number of likely N-dealkylation sites (N-methyl/N-ethyl adjacent to an activating group) is 1. The van der Waals surface area contributed by atoms with Gasteiger partial charge in [-0.15, -0.1) is 12.4 Å². The molecule has 12 rings (SSSR count). The number of fused-ring (bicyclic) bond motifs is 5. The van der Waals surface area contributed by atoms with E-state index in [1.54, 1.807) is 24.4 Å². The van der Waals surface area contributed by atoms with Crippen LogP contribution in [-0.4, -0.2) is 167 Å². The van der Waals surface area contributed by atoms with Gasteiger partial charge in [0.15, 0.2) is 5.82 Å². The van der Waals surface area contributed by atoms with E-state index >= 15 is 4.39 Å². The molecule has 6 fully saturated rings. The number of hydrogen-bond acceptors (Lipinski definition) is 14. The van der Waals surface area contributed by atoms with Gasteiger partial charge in [-0.05, 0) is 88.3 Å². The van der Waals surface area contributed by atoms with Gasteiger partial charge in [-0.3, -0.25) is 49.0 Å². The molecule has 7 aliphatic heterocycles. The molecule has 0 saturated carbocycles. The van der Waals surface area contributed by atoms with Crippen molar-refractivity contribution >= 4 is 86.7 Å². The summed E-state index contributed by atoms with van der Waals surface area (Å²) in [5.74, 6) is -1.91. The molecule has 376 valence electrons. The van der Waals surface area contributed by atoms with Crippen LogP contribution in [0, 0.1) is 11.7 Å². The van der Waals surface area contributed by atoms with Crippen LogP contribution in [0.15, 0.2) is 60.8 Å². The summed E-state index contributed by atoms with van der Waals surface area (Å²) < 4.78 is 23.5. The Hall–Kier alpha value is -6.05. The van der Waals surface area contributed by atoms with Crippen LogP contribution in [0.4, 0.5) is 15.9 Å². The highest BCUT2D eigenvalue weighted by Crippen LogP contribution is 2.39. The second kappa shape index (κ2) is 19.4. The molecular formula is C52H56Cl2FN11O6. The average Bonchev–Trinajstić information content (AvgIpc) is 4.02. The highest BCUT2D eigenvalue weighted by molar-refractivity contribution is 6.36. The summed E-state index contributed by atoms with van der Waals surface area (Å²) in [6.07, 6.45) is 6.45. The summed E-state index contributed by atoms with van der Waals surface area (Å²) >= 11 is 6.69. The Bertz CT molecular complexity index is 3010. The third kappa shape index (κ3) is 8.67. The van der Waals surface area contributed by atoms with Gasteiger partial charge < -0.3 is 24.8 Å². The normalized spacial score (nSPS) is 25.1. The molecule has 72 heavy (non-hydrogen) atoms. The maximum absolute atomic E-state index is 17.0. The molecule has 5 atom stereocenters. The maximum Gasteiger partial charge on any atom is 0.319 e. The zero-order valence-corrected chi connectivity index (χ0v) is 41.5. The van der Waals surface area contributed by atoms with Crippen molar-refractivity contribution in [3.63, 3.8) is 0 Å². The van der Waals surface area contributed by atoms with E-state index in [2.05, 4.69) is 37.3 Å². The quantitative estimate of drug-likeness (QED) is 0.191. The predicted octanol–water partition coefficient (Wildman–Crippen LogP) is 4.91. The number of amides is 5. The number of benzene rings is 3. The van der Waals surface area contributed by atoms with Gasteiger partial charge in [-0.25, -0.2) is 4.39 Å². The van der Waals surface area contributed by atoms with E-state index in [1.807, 2.05) is 41.3 Å². The molecule has 0 spiro atoms. The Morgan fingerprint density at radius 1 is 0.833 bits per heavy atom. The molecule has 3 unspecified atom stereocenters. The number of pyridine rings is 1. The number of carbonyl (C=O) groups excluding carboxylic acids is 5. The number of aromatic nitrogens is 3. The van der Waals surface area contributed by atoms with Crippen molar-refractivity contribution in [3.05, 3.63) is 82.8 Å². The summed E-state index contributed by atoms with van der Waals surface area (Å²) in [5, 5.41) is 8.61. The summed E-state index contributed by atoms with van der Waals surface area (Å²) in [6.45, 7) is 6.58. The average molecular weight is 1020 g/mol. The molecule has 3 aromatic carbocycles. The molecule has 0 radical (unpaired) electrons. The van der Waals surface area contributed by atoms with E-state index in [4.69, 9.17) is 31.3 Å². The standard InChI is InChI=1S/C52H55ClFN11O6.ClH/c1-60-27-34(61-16-14-30(15-17-61)49(68)63-20-18-62(19-21-63)33-10-11-36-38(23-33)51(70)65(50(36)69)41-12-13-42(66)57-48(41)67)22-35(60)28-71-52-58-46-39(47(59-52)64-25-31-8-9-32(26-64)56-31)24-55-45(44(46)54)37-6-2-4-29-5-3-7-40(53)43(29)37;/h2-7,10-11,23-24,30-32,34-35,41,56H,8-9,12-22,25-28H2,1H3,(H,57,66,67);1H/t31?,32?,34-,35-,41?;/m0./s1. The van der Waals surface area contributed by atoms with Crippen LogP contribution in [0.1, 0.15) is 65.7 Å². The van der Waals surface area contributed by atoms with E-state index in [0.29, 0.717) is 72.7 Å². The number of imide groups is 2. The van der Waals surface area contributed by atoms with Crippen molar-refractivity contribution in [3.8, 4) is 17.3 Å². The highest BCUT2D eigenvalue weighted by atomic mass is 35.5. The first-order valence-electron chi connectivity index (χ1n) is 25.0. The first-order valence-corrected chi connectivity index (χ1v) is 25.3. The van der Waals surface area contributed by atoms with Crippen molar-refractivity contribution in [2.45, 2.75) is 75.2 Å². The number of ether oxygens (including phenoxy) is 1. The number of piperazine rings is 2. The van der Waals surface area contributed by atoms with Crippen LogP contribution in [-0.2, 0) is 14.4 Å². The molecule has 5 aromatic rings. The first kappa shape index (κ1) is 48.2. The van der Waals surface area contributed by atoms with E-state index < -0.39 is 35.5 Å². The second-order valence-corrected chi connectivity index (χ2v) is 20.7. The topological polar surface area (TPSA) is 177 Å².